The maximum Gasteiger partial charge on any atom is 0.412 e. The maximum absolute atomic E-state index is 12.2. The van der Waals surface area contributed by atoms with Crippen LogP contribution in [0.5, 0.6) is 5.75 Å². The second kappa shape index (κ2) is 10.6. The summed E-state index contributed by atoms with van der Waals surface area (Å²) in [6, 6.07) is 4.53. The minimum absolute atomic E-state index is 0.209. The van der Waals surface area contributed by atoms with Crippen LogP contribution in [0.4, 0.5) is 21.0 Å². The van der Waals surface area contributed by atoms with Crippen LogP contribution in [0, 0.1) is 0 Å². The average molecular weight is 434 g/mol. The maximum atomic E-state index is 12.2. The largest absolute Gasteiger partial charge is 0.495 e. The zero-order chi connectivity index (χ0) is 23.0. The van der Waals surface area contributed by atoms with Gasteiger partial charge in [0.15, 0.2) is 5.82 Å². The Bertz CT molecular complexity index is 889. The Morgan fingerprint density at radius 1 is 1.19 bits per heavy atom. The van der Waals surface area contributed by atoms with Crippen molar-refractivity contribution < 1.29 is 23.6 Å². The standard InChI is InChI=1S/C21H31N5O5/c1-13(2)18-25-17(31-26-18)8-7-11-22-19(27)23-14-9-10-16(29-6)15(12-14)24-20(28)30-21(3,4)5/h9-10,12-13H,7-8,11H2,1-6H3,(H,24,28)(H2,22,23,27). The molecule has 0 aliphatic heterocycles. The highest BCUT2D eigenvalue weighted by atomic mass is 16.6. The fraction of sp³-hybridized carbons (Fsp3) is 0.524. The predicted octanol–water partition coefficient (Wildman–Crippen LogP) is 4.30. The van der Waals surface area contributed by atoms with Crippen molar-refractivity contribution in [2.24, 2.45) is 0 Å². The molecule has 0 unspecified atom stereocenters. The number of carbonyl (C=O) groups excluding carboxylic acids is 2. The normalized spacial score (nSPS) is 11.2. The van der Waals surface area contributed by atoms with E-state index in [1.54, 1.807) is 39.0 Å². The molecule has 1 heterocycles. The Kier molecular flexibility index (Phi) is 8.23. The van der Waals surface area contributed by atoms with Gasteiger partial charge in [-0.15, -0.1) is 0 Å². The Labute approximate surface area is 182 Å². The van der Waals surface area contributed by atoms with Gasteiger partial charge < -0.3 is 24.6 Å². The van der Waals surface area contributed by atoms with Gasteiger partial charge >= 0.3 is 12.1 Å². The van der Waals surface area contributed by atoms with Crippen LogP contribution in [0.3, 0.4) is 0 Å². The molecule has 170 valence electrons. The summed E-state index contributed by atoms with van der Waals surface area (Å²) in [6.45, 7) is 9.74. The van der Waals surface area contributed by atoms with E-state index in [9.17, 15) is 9.59 Å². The van der Waals surface area contributed by atoms with Gasteiger partial charge in [-0.25, -0.2) is 9.59 Å². The van der Waals surface area contributed by atoms with E-state index in [4.69, 9.17) is 14.0 Å². The van der Waals surface area contributed by atoms with Gasteiger partial charge in [0.05, 0.1) is 12.8 Å². The Balaban J connectivity index is 1.85. The highest BCUT2D eigenvalue weighted by Gasteiger charge is 2.18. The van der Waals surface area contributed by atoms with Gasteiger partial charge in [0.2, 0.25) is 5.89 Å². The van der Waals surface area contributed by atoms with Crippen molar-refractivity contribution in [3.05, 3.63) is 29.9 Å². The van der Waals surface area contributed by atoms with Crippen LogP contribution in [0.2, 0.25) is 0 Å². The molecule has 0 saturated carbocycles. The molecule has 0 saturated heterocycles. The first-order valence-electron chi connectivity index (χ1n) is 10.1. The van der Waals surface area contributed by atoms with Gasteiger partial charge in [0.1, 0.15) is 11.4 Å². The summed E-state index contributed by atoms with van der Waals surface area (Å²) >= 11 is 0. The molecule has 0 atom stereocenters. The Morgan fingerprint density at radius 2 is 1.94 bits per heavy atom. The molecule has 31 heavy (non-hydrogen) atoms. The quantitative estimate of drug-likeness (QED) is 0.529. The highest BCUT2D eigenvalue weighted by molar-refractivity contribution is 5.92. The third-order valence-electron chi connectivity index (χ3n) is 3.95. The first-order valence-corrected chi connectivity index (χ1v) is 10.1. The molecular formula is C21H31N5O5. The monoisotopic (exact) mass is 433 g/mol. The highest BCUT2D eigenvalue weighted by Crippen LogP contribution is 2.28. The van der Waals surface area contributed by atoms with Crippen LogP contribution in [0.25, 0.3) is 0 Å². The van der Waals surface area contributed by atoms with Crippen molar-refractivity contribution in [3.8, 4) is 5.75 Å². The zero-order valence-corrected chi connectivity index (χ0v) is 18.9. The smallest absolute Gasteiger partial charge is 0.412 e. The van der Waals surface area contributed by atoms with E-state index >= 15 is 0 Å². The number of hydrogen-bond acceptors (Lipinski definition) is 7. The number of urea groups is 1. The first-order chi connectivity index (χ1) is 14.6. The number of nitrogens with one attached hydrogen (secondary N) is 3. The zero-order valence-electron chi connectivity index (χ0n) is 18.9. The topological polar surface area (TPSA) is 128 Å². The van der Waals surface area contributed by atoms with Crippen LogP contribution >= 0.6 is 0 Å². The summed E-state index contributed by atoms with van der Waals surface area (Å²) in [6.07, 6.45) is 0.613. The van der Waals surface area contributed by atoms with E-state index in [2.05, 4.69) is 26.1 Å². The average Bonchev–Trinajstić information content (AvgIpc) is 3.13. The van der Waals surface area contributed by atoms with Crippen molar-refractivity contribution in [1.82, 2.24) is 15.5 Å². The van der Waals surface area contributed by atoms with E-state index in [-0.39, 0.29) is 11.9 Å². The second-order valence-corrected chi connectivity index (χ2v) is 8.23. The van der Waals surface area contributed by atoms with Crippen LogP contribution in [0.15, 0.2) is 22.7 Å². The number of aromatic nitrogens is 2. The summed E-state index contributed by atoms with van der Waals surface area (Å²) in [4.78, 5) is 28.5. The van der Waals surface area contributed by atoms with Crippen LogP contribution in [0.1, 0.15) is 58.7 Å². The summed E-state index contributed by atoms with van der Waals surface area (Å²) in [5, 5.41) is 12.0. The number of benzene rings is 1. The summed E-state index contributed by atoms with van der Waals surface area (Å²) < 4.78 is 15.7. The number of hydrogen-bond donors (Lipinski definition) is 3. The Hall–Kier alpha value is -3.30. The lowest BCUT2D eigenvalue weighted by Crippen LogP contribution is -2.30. The molecule has 2 rings (SSSR count). The molecule has 10 heteroatoms. The van der Waals surface area contributed by atoms with Gasteiger partial charge in [-0.05, 0) is 45.4 Å². The van der Waals surface area contributed by atoms with Gasteiger partial charge in [-0.2, -0.15) is 4.98 Å². The molecule has 0 spiro atoms. The lowest BCUT2D eigenvalue weighted by molar-refractivity contribution is 0.0635. The molecule has 0 aliphatic rings. The Morgan fingerprint density at radius 3 is 2.55 bits per heavy atom. The molecule has 0 bridgehead atoms. The fourth-order valence-electron chi connectivity index (χ4n) is 2.52. The number of anilines is 2. The van der Waals surface area contributed by atoms with Gasteiger partial charge in [-0.3, -0.25) is 5.32 Å². The number of amides is 3. The van der Waals surface area contributed by atoms with Crippen molar-refractivity contribution in [1.29, 1.82) is 0 Å². The molecule has 2 aromatic rings. The molecule has 3 N–H and O–H groups in total. The summed E-state index contributed by atoms with van der Waals surface area (Å²) in [5.74, 6) is 1.88. The minimum Gasteiger partial charge on any atom is -0.495 e. The number of ether oxygens (including phenoxy) is 2. The molecule has 0 radical (unpaired) electrons. The van der Waals surface area contributed by atoms with Crippen molar-refractivity contribution in [3.63, 3.8) is 0 Å². The van der Waals surface area contributed by atoms with Crippen LogP contribution in [-0.2, 0) is 11.2 Å². The summed E-state index contributed by atoms with van der Waals surface area (Å²) in [7, 11) is 1.49. The lowest BCUT2D eigenvalue weighted by Gasteiger charge is -2.20. The van der Waals surface area contributed by atoms with Crippen molar-refractivity contribution in [2.45, 2.75) is 59.0 Å². The molecular weight excluding hydrogens is 402 g/mol. The molecule has 0 aliphatic carbocycles. The van der Waals surface area contributed by atoms with Crippen molar-refractivity contribution >= 4 is 23.5 Å². The number of aryl methyl sites for hydroxylation is 1. The molecule has 1 aromatic heterocycles. The van der Waals surface area contributed by atoms with Crippen LogP contribution < -0.4 is 20.7 Å². The number of methoxy groups -OCH3 is 1. The molecule has 10 nitrogen and oxygen atoms in total. The second-order valence-electron chi connectivity index (χ2n) is 8.23. The predicted molar refractivity (Wildman–Crippen MR) is 117 cm³/mol. The third-order valence-corrected chi connectivity index (χ3v) is 3.95. The van der Waals surface area contributed by atoms with Gasteiger partial charge in [0.25, 0.3) is 0 Å². The third kappa shape index (κ3) is 8.15. The molecule has 0 fully saturated rings. The van der Waals surface area contributed by atoms with Crippen molar-refractivity contribution in [2.75, 3.05) is 24.3 Å². The lowest BCUT2D eigenvalue weighted by atomic mass is 10.2. The number of nitrogens with zero attached hydrogens (tertiary/aromatic N) is 2. The van der Waals surface area contributed by atoms with Gasteiger partial charge in [0, 0.05) is 24.6 Å². The van der Waals surface area contributed by atoms with Crippen LogP contribution in [-0.4, -0.2) is 41.5 Å². The number of carbonyl (C=O) groups is 2. The van der Waals surface area contributed by atoms with E-state index in [1.165, 1.54) is 7.11 Å². The SMILES string of the molecule is COc1ccc(NC(=O)NCCCc2nc(C(C)C)no2)cc1NC(=O)OC(C)(C)C. The fourth-order valence-corrected chi connectivity index (χ4v) is 2.52. The number of rotatable bonds is 8. The first kappa shape index (κ1) is 24.0. The van der Waals surface area contributed by atoms with E-state index < -0.39 is 11.7 Å². The van der Waals surface area contributed by atoms with E-state index in [1.807, 2.05) is 13.8 Å². The van der Waals surface area contributed by atoms with Gasteiger partial charge in [-0.1, -0.05) is 19.0 Å². The molecule has 1 aromatic carbocycles. The molecule has 3 amide bonds. The van der Waals surface area contributed by atoms with E-state index in [0.717, 1.165) is 0 Å². The minimum atomic E-state index is -0.634. The van der Waals surface area contributed by atoms with E-state index in [0.29, 0.717) is 48.2 Å². The summed E-state index contributed by atoms with van der Waals surface area (Å²) in [5.41, 5.74) is 0.236.